The van der Waals surface area contributed by atoms with Gasteiger partial charge >= 0.3 is 5.97 Å². The highest BCUT2D eigenvalue weighted by molar-refractivity contribution is 6.02. The Labute approximate surface area is 127 Å². The first-order valence-electron chi connectivity index (χ1n) is 6.62. The van der Waals surface area contributed by atoms with Gasteiger partial charge in [-0.25, -0.2) is 10.6 Å². The van der Waals surface area contributed by atoms with Crippen LogP contribution in [0.5, 0.6) is 0 Å². The average Bonchev–Trinajstić information content (AvgIpc) is 2.55. The van der Waals surface area contributed by atoms with Crippen molar-refractivity contribution in [1.29, 1.82) is 0 Å². The lowest BCUT2D eigenvalue weighted by Gasteiger charge is -2.23. The molecule has 1 amide bonds. The molecule has 6 heteroatoms. The van der Waals surface area contributed by atoms with E-state index in [0.717, 1.165) is 5.56 Å². The van der Waals surface area contributed by atoms with Crippen molar-refractivity contribution >= 4 is 11.9 Å². The van der Waals surface area contributed by atoms with Gasteiger partial charge in [0.2, 0.25) is 0 Å². The second kappa shape index (κ2) is 6.84. The fraction of sp³-hybridized carbons (Fsp3) is 0.125. The van der Waals surface area contributed by atoms with E-state index in [9.17, 15) is 9.59 Å². The Kier molecular flexibility index (Phi) is 4.88. The molecule has 0 saturated carbocycles. The molecule has 0 aliphatic carbocycles. The number of aliphatic hydroxyl groups excluding tert-OH is 1. The third kappa shape index (κ3) is 3.13. The quantitative estimate of drug-likeness (QED) is 0.436. The van der Waals surface area contributed by atoms with E-state index in [1.807, 2.05) is 30.3 Å². The molecule has 0 aliphatic heterocycles. The number of hydrogen-bond acceptors (Lipinski definition) is 4. The monoisotopic (exact) mass is 300 g/mol. The van der Waals surface area contributed by atoms with Crippen LogP contribution < -0.4 is 5.84 Å². The number of rotatable bonds is 5. The number of aliphatic hydroxyl groups is 1. The lowest BCUT2D eigenvalue weighted by molar-refractivity contribution is -0.143. The minimum atomic E-state index is -1.49. The van der Waals surface area contributed by atoms with Gasteiger partial charge in [0, 0.05) is 5.56 Å². The van der Waals surface area contributed by atoms with Crippen molar-refractivity contribution < 1.29 is 19.8 Å². The van der Waals surface area contributed by atoms with Crippen LogP contribution in [0.1, 0.15) is 10.4 Å². The van der Waals surface area contributed by atoms with Crippen LogP contribution in [0.2, 0.25) is 0 Å². The second-order valence-corrected chi connectivity index (χ2v) is 4.66. The smallest absolute Gasteiger partial charge is 0.330 e. The van der Waals surface area contributed by atoms with Crippen molar-refractivity contribution in [2.45, 2.75) is 6.04 Å². The van der Waals surface area contributed by atoms with Gasteiger partial charge in [-0.2, -0.15) is 0 Å². The Morgan fingerprint density at radius 2 is 1.64 bits per heavy atom. The number of hydrogen-bond donors (Lipinski definition) is 3. The molecule has 4 N–H and O–H groups in total. The zero-order chi connectivity index (χ0) is 16.1. The highest BCUT2D eigenvalue weighted by Crippen LogP contribution is 2.24. The summed E-state index contributed by atoms with van der Waals surface area (Å²) in [6.45, 7) is -0.759. The van der Waals surface area contributed by atoms with Crippen LogP contribution in [-0.4, -0.2) is 39.7 Å². The number of carboxylic acid groups (broad SMARTS) is 1. The fourth-order valence-electron chi connectivity index (χ4n) is 2.10. The summed E-state index contributed by atoms with van der Waals surface area (Å²) < 4.78 is 0. The minimum absolute atomic E-state index is 0.274. The summed E-state index contributed by atoms with van der Waals surface area (Å²) >= 11 is 0. The van der Waals surface area contributed by atoms with Crippen molar-refractivity contribution in [3.8, 4) is 11.1 Å². The predicted octanol–water partition coefficient (Wildman–Crippen LogP) is 1.11. The first-order valence-corrected chi connectivity index (χ1v) is 6.62. The van der Waals surface area contributed by atoms with Crippen molar-refractivity contribution in [1.82, 2.24) is 5.01 Å². The molecule has 0 fully saturated rings. The van der Waals surface area contributed by atoms with Gasteiger partial charge < -0.3 is 10.2 Å². The largest absolute Gasteiger partial charge is 0.480 e. The predicted molar refractivity (Wildman–Crippen MR) is 80.7 cm³/mol. The van der Waals surface area contributed by atoms with Gasteiger partial charge in [0.25, 0.3) is 5.91 Å². The summed E-state index contributed by atoms with van der Waals surface area (Å²) in [6.07, 6.45) is 0. The molecule has 0 heterocycles. The third-order valence-corrected chi connectivity index (χ3v) is 3.27. The molecular formula is C16H16N2O4. The molecule has 6 nitrogen and oxygen atoms in total. The summed E-state index contributed by atoms with van der Waals surface area (Å²) in [5.74, 6) is 3.56. The molecule has 0 aliphatic rings. The van der Waals surface area contributed by atoms with Gasteiger partial charge in [-0.3, -0.25) is 9.80 Å². The lowest BCUT2D eigenvalue weighted by Crippen LogP contribution is -2.51. The maximum atomic E-state index is 12.5. The SMILES string of the molecule is NN(C(=O)c1ccccc1-c1ccccc1)C(CO)C(=O)O. The molecule has 2 aromatic carbocycles. The molecular weight excluding hydrogens is 284 g/mol. The van der Waals surface area contributed by atoms with Gasteiger partial charge in [0.1, 0.15) is 0 Å². The first kappa shape index (κ1) is 15.7. The lowest BCUT2D eigenvalue weighted by atomic mass is 9.99. The molecule has 0 saturated heterocycles. The fourth-order valence-corrected chi connectivity index (χ4v) is 2.10. The van der Waals surface area contributed by atoms with E-state index in [-0.39, 0.29) is 5.56 Å². The standard InChI is InChI=1S/C16H16N2O4/c17-18(14(10-19)16(21)22)15(20)13-9-5-4-8-12(13)11-6-2-1-3-7-11/h1-9,14,19H,10,17H2,(H,21,22). The third-order valence-electron chi connectivity index (χ3n) is 3.27. The number of nitrogens with two attached hydrogens (primary N) is 1. The zero-order valence-corrected chi connectivity index (χ0v) is 11.7. The summed E-state index contributed by atoms with van der Waals surface area (Å²) in [5.41, 5.74) is 1.73. The Hall–Kier alpha value is -2.70. The molecule has 2 aromatic rings. The number of carbonyl (C=O) groups excluding carboxylic acids is 1. The average molecular weight is 300 g/mol. The maximum absolute atomic E-state index is 12.5. The number of benzene rings is 2. The van der Waals surface area contributed by atoms with Crippen molar-refractivity contribution in [3.63, 3.8) is 0 Å². The van der Waals surface area contributed by atoms with Gasteiger partial charge in [0.15, 0.2) is 6.04 Å². The Bertz CT molecular complexity index is 673. The van der Waals surface area contributed by atoms with E-state index in [1.165, 1.54) is 0 Å². The van der Waals surface area contributed by atoms with E-state index < -0.39 is 24.5 Å². The summed E-state index contributed by atoms with van der Waals surface area (Å²) in [4.78, 5) is 23.5. The first-order chi connectivity index (χ1) is 10.6. The Balaban J connectivity index is 2.41. The van der Waals surface area contributed by atoms with Gasteiger partial charge in [-0.05, 0) is 17.2 Å². The number of amides is 1. The van der Waals surface area contributed by atoms with Crippen LogP contribution in [-0.2, 0) is 4.79 Å². The van der Waals surface area contributed by atoms with Crippen LogP contribution in [0, 0.1) is 0 Å². The van der Waals surface area contributed by atoms with Crippen molar-refractivity contribution in [3.05, 3.63) is 60.2 Å². The molecule has 114 valence electrons. The highest BCUT2D eigenvalue weighted by Gasteiger charge is 2.28. The number of aliphatic carboxylic acids is 1. The van der Waals surface area contributed by atoms with Gasteiger partial charge in [-0.1, -0.05) is 48.5 Å². The molecule has 0 aromatic heterocycles. The van der Waals surface area contributed by atoms with Gasteiger partial charge in [-0.15, -0.1) is 0 Å². The maximum Gasteiger partial charge on any atom is 0.330 e. The Morgan fingerprint density at radius 3 is 2.23 bits per heavy atom. The molecule has 22 heavy (non-hydrogen) atoms. The van der Waals surface area contributed by atoms with Crippen LogP contribution in [0.3, 0.4) is 0 Å². The zero-order valence-electron chi connectivity index (χ0n) is 11.7. The molecule has 0 bridgehead atoms. The highest BCUT2D eigenvalue weighted by atomic mass is 16.4. The van der Waals surface area contributed by atoms with E-state index in [2.05, 4.69) is 0 Å². The van der Waals surface area contributed by atoms with E-state index in [4.69, 9.17) is 16.1 Å². The van der Waals surface area contributed by atoms with Crippen molar-refractivity contribution in [2.75, 3.05) is 6.61 Å². The topological polar surface area (TPSA) is 104 Å². The summed E-state index contributed by atoms with van der Waals surface area (Å²) in [6, 6.07) is 14.5. The summed E-state index contributed by atoms with van der Waals surface area (Å²) in [7, 11) is 0. The molecule has 1 atom stereocenters. The molecule has 2 rings (SSSR count). The Morgan fingerprint density at radius 1 is 1.05 bits per heavy atom. The van der Waals surface area contributed by atoms with Crippen LogP contribution >= 0.6 is 0 Å². The molecule has 1 unspecified atom stereocenters. The molecule has 0 spiro atoms. The van der Waals surface area contributed by atoms with Crippen LogP contribution in [0.25, 0.3) is 11.1 Å². The normalized spacial score (nSPS) is 11.7. The minimum Gasteiger partial charge on any atom is -0.480 e. The molecule has 0 radical (unpaired) electrons. The number of carboxylic acids is 1. The van der Waals surface area contributed by atoms with E-state index >= 15 is 0 Å². The van der Waals surface area contributed by atoms with Crippen molar-refractivity contribution in [2.24, 2.45) is 5.84 Å². The summed E-state index contributed by atoms with van der Waals surface area (Å²) in [5, 5.41) is 18.6. The number of hydrazine groups is 1. The second-order valence-electron chi connectivity index (χ2n) is 4.66. The number of carbonyl (C=O) groups is 2. The van der Waals surface area contributed by atoms with Gasteiger partial charge in [0.05, 0.1) is 6.61 Å². The van der Waals surface area contributed by atoms with E-state index in [1.54, 1.807) is 24.3 Å². The van der Waals surface area contributed by atoms with E-state index in [0.29, 0.717) is 10.6 Å². The van der Waals surface area contributed by atoms with Crippen LogP contribution in [0.4, 0.5) is 0 Å². The van der Waals surface area contributed by atoms with Crippen LogP contribution in [0.15, 0.2) is 54.6 Å². The number of nitrogens with zero attached hydrogens (tertiary/aromatic N) is 1.